The third-order valence-electron chi connectivity index (χ3n) is 5.47. The zero-order valence-electron chi connectivity index (χ0n) is 14.1. The van der Waals surface area contributed by atoms with Gasteiger partial charge in [0.05, 0.1) is 16.7 Å². The first-order chi connectivity index (χ1) is 12.0. The van der Waals surface area contributed by atoms with E-state index in [0.717, 1.165) is 38.6 Å². The van der Waals surface area contributed by atoms with Gasteiger partial charge in [-0.1, -0.05) is 44.2 Å². The van der Waals surface area contributed by atoms with E-state index in [1.54, 1.807) is 0 Å². The summed E-state index contributed by atoms with van der Waals surface area (Å²) in [6.07, 6.45) is 3.74. The molecule has 0 radical (unpaired) electrons. The van der Waals surface area contributed by atoms with Crippen molar-refractivity contribution in [3.63, 3.8) is 0 Å². The minimum absolute atomic E-state index is 0.281. The highest BCUT2D eigenvalue weighted by Crippen LogP contribution is 2.46. The molecule has 0 unspecified atom stereocenters. The summed E-state index contributed by atoms with van der Waals surface area (Å²) in [4.78, 5) is 4.34. The number of rotatable bonds is 1. The Kier molecular flexibility index (Phi) is 2.77. The molecule has 0 amide bonds. The van der Waals surface area contributed by atoms with Gasteiger partial charge in [-0.3, -0.25) is 4.98 Å². The minimum Gasteiger partial charge on any atom is -0.423 e. The van der Waals surface area contributed by atoms with Gasteiger partial charge in [-0.2, -0.15) is 0 Å². The second-order valence-corrected chi connectivity index (χ2v) is 7.21. The fourth-order valence-corrected chi connectivity index (χ4v) is 4.20. The molecular formula is C20H17BN2O2. The van der Waals surface area contributed by atoms with Crippen molar-refractivity contribution in [3.8, 4) is 5.69 Å². The number of benzene rings is 2. The highest BCUT2D eigenvalue weighted by Gasteiger charge is 2.36. The fraction of sp³-hybridized carbons (Fsp3) is 0.150. The Hall–Kier alpha value is -2.63. The van der Waals surface area contributed by atoms with Gasteiger partial charge in [-0.05, 0) is 23.2 Å². The van der Waals surface area contributed by atoms with E-state index >= 15 is 0 Å². The van der Waals surface area contributed by atoms with Gasteiger partial charge >= 0.3 is 7.12 Å². The number of aromatic nitrogens is 2. The molecule has 0 bridgehead atoms. The van der Waals surface area contributed by atoms with E-state index in [1.165, 1.54) is 0 Å². The molecule has 2 aromatic carbocycles. The van der Waals surface area contributed by atoms with Gasteiger partial charge in [0.2, 0.25) is 0 Å². The summed E-state index contributed by atoms with van der Waals surface area (Å²) in [5.74, 6) is 0. The summed E-state index contributed by atoms with van der Waals surface area (Å²) in [6.45, 7) is 4.33. The zero-order valence-corrected chi connectivity index (χ0v) is 14.1. The standard InChI is InChI=1S/C20H17BN2O2/c1-20(2)15-10-12(21(24)25)9-14-13-5-3-4-6-17(13)23(19(14)15)18-7-8-22-11-16(18)20/h3-11,24-25H,1-2H3. The van der Waals surface area contributed by atoms with Crippen LogP contribution < -0.4 is 5.46 Å². The van der Waals surface area contributed by atoms with Crippen molar-refractivity contribution < 1.29 is 10.0 Å². The third-order valence-corrected chi connectivity index (χ3v) is 5.47. The second kappa shape index (κ2) is 4.72. The second-order valence-electron chi connectivity index (χ2n) is 7.21. The first-order valence-corrected chi connectivity index (χ1v) is 8.39. The lowest BCUT2D eigenvalue weighted by atomic mass is 9.71. The van der Waals surface area contributed by atoms with Crippen LogP contribution in [0.4, 0.5) is 0 Å². The Bertz CT molecular complexity index is 1160. The maximum absolute atomic E-state index is 9.80. The largest absolute Gasteiger partial charge is 0.488 e. The number of nitrogens with zero attached hydrogens (tertiary/aromatic N) is 2. The SMILES string of the molecule is CC1(C)c2cnccc2-n2c3ccccc3c3cc(B(O)O)cc1c32. The molecule has 4 aromatic rings. The van der Waals surface area contributed by atoms with Crippen molar-refractivity contribution >= 4 is 34.4 Å². The molecule has 5 rings (SSSR count). The maximum Gasteiger partial charge on any atom is 0.488 e. The lowest BCUT2D eigenvalue weighted by Gasteiger charge is -2.34. The molecule has 2 aromatic heterocycles. The lowest BCUT2D eigenvalue weighted by Crippen LogP contribution is -2.33. The van der Waals surface area contributed by atoms with E-state index in [4.69, 9.17) is 0 Å². The Morgan fingerprint density at radius 3 is 2.60 bits per heavy atom. The third kappa shape index (κ3) is 1.77. The number of pyridine rings is 1. The zero-order chi connectivity index (χ0) is 17.3. The van der Waals surface area contributed by atoms with Crippen LogP contribution in [0.3, 0.4) is 0 Å². The van der Waals surface area contributed by atoms with Crippen LogP contribution in [0.5, 0.6) is 0 Å². The van der Waals surface area contributed by atoms with Gasteiger partial charge in [0.25, 0.3) is 0 Å². The molecule has 0 aliphatic carbocycles. The fourth-order valence-electron chi connectivity index (χ4n) is 4.20. The topological polar surface area (TPSA) is 58.3 Å². The summed E-state index contributed by atoms with van der Waals surface area (Å²) in [7, 11) is -1.49. The van der Waals surface area contributed by atoms with Gasteiger partial charge in [-0.25, -0.2) is 0 Å². The van der Waals surface area contributed by atoms with Gasteiger partial charge in [0.1, 0.15) is 0 Å². The molecule has 25 heavy (non-hydrogen) atoms. The average Bonchev–Trinajstić information content (AvgIpc) is 2.94. The number of fused-ring (bicyclic) bond motifs is 5. The summed E-state index contributed by atoms with van der Waals surface area (Å²) in [6, 6.07) is 14.1. The number of para-hydroxylation sites is 1. The van der Waals surface area contributed by atoms with Crippen LogP contribution >= 0.6 is 0 Å². The Labute approximate surface area is 145 Å². The van der Waals surface area contributed by atoms with Crippen molar-refractivity contribution in [3.05, 3.63) is 66.0 Å². The van der Waals surface area contributed by atoms with E-state index in [-0.39, 0.29) is 5.41 Å². The Balaban J connectivity index is 2.10. The van der Waals surface area contributed by atoms with E-state index in [9.17, 15) is 10.0 Å². The predicted molar refractivity (Wildman–Crippen MR) is 101 cm³/mol. The molecule has 1 aliphatic heterocycles. The van der Waals surface area contributed by atoms with Crippen LogP contribution in [0.2, 0.25) is 0 Å². The lowest BCUT2D eigenvalue weighted by molar-refractivity contribution is 0.425. The quantitative estimate of drug-likeness (QED) is 0.528. The van der Waals surface area contributed by atoms with Gasteiger partial charge in [0, 0.05) is 34.1 Å². The molecule has 0 fully saturated rings. The summed E-state index contributed by atoms with van der Waals surface area (Å²) in [5, 5.41) is 21.8. The van der Waals surface area contributed by atoms with Crippen LogP contribution in [-0.2, 0) is 5.41 Å². The van der Waals surface area contributed by atoms with E-state index in [2.05, 4.69) is 41.6 Å². The summed E-state index contributed by atoms with van der Waals surface area (Å²) < 4.78 is 2.27. The van der Waals surface area contributed by atoms with Crippen LogP contribution in [0.25, 0.3) is 27.5 Å². The van der Waals surface area contributed by atoms with Gasteiger partial charge in [0.15, 0.2) is 0 Å². The molecule has 2 N–H and O–H groups in total. The van der Waals surface area contributed by atoms with Gasteiger partial charge < -0.3 is 14.6 Å². The predicted octanol–water partition coefficient (Wildman–Crippen LogP) is 2.50. The van der Waals surface area contributed by atoms with Crippen molar-refractivity contribution in [1.29, 1.82) is 0 Å². The maximum atomic E-state index is 9.80. The first kappa shape index (κ1) is 14.7. The van der Waals surface area contributed by atoms with Crippen LogP contribution in [0.15, 0.2) is 54.9 Å². The Morgan fingerprint density at radius 1 is 1.00 bits per heavy atom. The van der Waals surface area contributed by atoms with E-state index < -0.39 is 7.12 Å². The van der Waals surface area contributed by atoms with Crippen LogP contribution in [0, 0.1) is 0 Å². The van der Waals surface area contributed by atoms with Crippen molar-refractivity contribution in [2.24, 2.45) is 0 Å². The first-order valence-electron chi connectivity index (χ1n) is 8.39. The van der Waals surface area contributed by atoms with E-state index in [0.29, 0.717) is 5.46 Å². The Morgan fingerprint density at radius 2 is 1.80 bits per heavy atom. The van der Waals surface area contributed by atoms with Crippen LogP contribution in [-0.4, -0.2) is 26.7 Å². The normalized spacial score (nSPS) is 14.7. The van der Waals surface area contributed by atoms with Crippen LogP contribution in [0.1, 0.15) is 25.0 Å². The number of hydrogen-bond donors (Lipinski definition) is 2. The van der Waals surface area contributed by atoms with Crippen molar-refractivity contribution in [2.45, 2.75) is 19.3 Å². The summed E-state index contributed by atoms with van der Waals surface area (Å²) in [5.41, 5.74) is 5.85. The molecule has 0 spiro atoms. The smallest absolute Gasteiger partial charge is 0.423 e. The highest BCUT2D eigenvalue weighted by atomic mass is 16.4. The molecule has 0 saturated carbocycles. The molecule has 0 saturated heterocycles. The van der Waals surface area contributed by atoms with Gasteiger partial charge in [-0.15, -0.1) is 0 Å². The molecule has 5 heteroatoms. The molecule has 122 valence electrons. The molecule has 1 aliphatic rings. The molecule has 3 heterocycles. The molecule has 0 atom stereocenters. The molecule has 4 nitrogen and oxygen atoms in total. The summed E-state index contributed by atoms with van der Waals surface area (Å²) >= 11 is 0. The van der Waals surface area contributed by atoms with E-state index in [1.807, 2.05) is 36.7 Å². The minimum atomic E-state index is -1.49. The van der Waals surface area contributed by atoms with Crippen molar-refractivity contribution in [1.82, 2.24) is 9.55 Å². The average molecular weight is 328 g/mol. The highest BCUT2D eigenvalue weighted by molar-refractivity contribution is 6.59. The van der Waals surface area contributed by atoms with Crippen molar-refractivity contribution in [2.75, 3.05) is 0 Å². The number of hydrogen-bond acceptors (Lipinski definition) is 3. The molecular weight excluding hydrogens is 311 g/mol. The monoisotopic (exact) mass is 328 g/mol.